The lowest BCUT2D eigenvalue weighted by molar-refractivity contribution is -0.137. The first-order valence-corrected chi connectivity index (χ1v) is 9.24. The number of nitrogens with zero attached hydrogens (tertiary/aromatic N) is 3. The number of aryl methyl sites for hydroxylation is 1. The molecule has 0 aliphatic heterocycles. The fourth-order valence-electron chi connectivity index (χ4n) is 3.16. The van der Waals surface area contributed by atoms with E-state index in [-0.39, 0.29) is 19.0 Å². The number of benzene rings is 2. The highest BCUT2D eigenvalue weighted by molar-refractivity contribution is 5.85. The first-order valence-electron chi connectivity index (χ1n) is 9.24. The van der Waals surface area contributed by atoms with E-state index in [1.165, 1.54) is 6.07 Å². The number of anilines is 1. The zero-order valence-electron chi connectivity index (χ0n) is 16.0. The molecule has 0 fully saturated rings. The molecule has 10 heteroatoms. The second-order valence-electron chi connectivity index (χ2n) is 7.02. The van der Waals surface area contributed by atoms with Crippen LogP contribution in [-0.4, -0.2) is 33.0 Å². The van der Waals surface area contributed by atoms with Gasteiger partial charge in [0, 0.05) is 23.5 Å². The van der Waals surface area contributed by atoms with Gasteiger partial charge in [-0.25, -0.2) is 0 Å². The summed E-state index contributed by atoms with van der Waals surface area (Å²) in [6.07, 6.45) is -4.11. The maximum absolute atomic E-state index is 12.8. The highest BCUT2D eigenvalue weighted by atomic mass is 19.4. The van der Waals surface area contributed by atoms with E-state index < -0.39 is 17.8 Å². The topological polar surface area (TPSA) is 106 Å². The zero-order chi connectivity index (χ0) is 21.3. The molecule has 0 spiro atoms. The van der Waals surface area contributed by atoms with Crippen molar-refractivity contribution in [2.24, 2.45) is 5.73 Å². The van der Waals surface area contributed by atoms with Gasteiger partial charge in [0.1, 0.15) is 0 Å². The van der Waals surface area contributed by atoms with Gasteiger partial charge in [0.15, 0.2) is 0 Å². The third-order valence-electron chi connectivity index (χ3n) is 4.69. The Labute approximate surface area is 169 Å². The van der Waals surface area contributed by atoms with E-state index in [1.54, 1.807) is 6.07 Å². The van der Waals surface area contributed by atoms with E-state index in [0.29, 0.717) is 11.5 Å². The highest BCUT2D eigenvalue weighted by Gasteiger charge is 2.30. The molecule has 0 amide bonds. The lowest BCUT2D eigenvalue weighted by Crippen LogP contribution is -2.31. The number of hydrogen-bond acceptors (Lipinski definition) is 6. The normalized spacial score (nSPS) is 13.0. The number of alkyl halides is 3. The van der Waals surface area contributed by atoms with Crippen LogP contribution in [0.1, 0.15) is 16.8 Å². The highest BCUT2D eigenvalue weighted by Crippen LogP contribution is 2.30. The molecule has 156 valence electrons. The Hall–Kier alpha value is -3.40. The number of rotatable bonds is 6. The van der Waals surface area contributed by atoms with Gasteiger partial charge in [-0.2, -0.15) is 18.3 Å². The second-order valence-corrected chi connectivity index (χ2v) is 7.02. The molecule has 4 aromatic rings. The van der Waals surface area contributed by atoms with Crippen molar-refractivity contribution in [3.8, 4) is 11.5 Å². The molecular formula is C20H19F3N6O. The van der Waals surface area contributed by atoms with Gasteiger partial charge in [-0.3, -0.25) is 5.10 Å². The summed E-state index contributed by atoms with van der Waals surface area (Å²) < 4.78 is 44.1. The molecular weight excluding hydrogens is 397 g/mol. The van der Waals surface area contributed by atoms with Crippen LogP contribution in [0.3, 0.4) is 0 Å². The van der Waals surface area contributed by atoms with Gasteiger partial charge in [-0.1, -0.05) is 23.3 Å². The standard InChI is InChI=1S/C20H19F3N6O/c1-11-16-9-13(5-6-17(16)27-26-11)18-28-29-19(30-18)25-10-15(24)8-12-3-2-4-14(7-12)20(21,22)23/h2-7,9,15H,8,10,24H2,1H3,(H,25,29)(H,26,27)/t15-/m1/s1. The first-order chi connectivity index (χ1) is 14.3. The molecule has 0 bridgehead atoms. The maximum Gasteiger partial charge on any atom is 0.416 e. The molecule has 0 radical (unpaired) electrons. The summed E-state index contributed by atoms with van der Waals surface area (Å²) in [5, 5.41) is 19.0. The minimum Gasteiger partial charge on any atom is -0.403 e. The lowest BCUT2D eigenvalue weighted by atomic mass is 10.0. The molecule has 0 unspecified atom stereocenters. The van der Waals surface area contributed by atoms with Crippen LogP contribution in [0.4, 0.5) is 19.2 Å². The molecule has 4 N–H and O–H groups in total. The summed E-state index contributed by atoms with van der Waals surface area (Å²) in [6.45, 7) is 2.16. The number of halogens is 3. The Kier molecular flexibility index (Phi) is 5.17. The van der Waals surface area contributed by atoms with E-state index in [2.05, 4.69) is 25.7 Å². The Bertz CT molecular complexity index is 1170. The molecule has 30 heavy (non-hydrogen) atoms. The third kappa shape index (κ3) is 4.28. The van der Waals surface area contributed by atoms with Gasteiger partial charge < -0.3 is 15.5 Å². The fourth-order valence-corrected chi connectivity index (χ4v) is 3.16. The molecule has 1 atom stereocenters. The van der Waals surface area contributed by atoms with Gasteiger partial charge >= 0.3 is 12.2 Å². The van der Waals surface area contributed by atoms with Gasteiger partial charge in [0.2, 0.25) is 5.89 Å². The summed E-state index contributed by atoms with van der Waals surface area (Å²) in [5.74, 6) is 0.339. The molecule has 0 saturated carbocycles. The van der Waals surface area contributed by atoms with Crippen LogP contribution in [0.15, 0.2) is 46.9 Å². The lowest BCUT2D eigenvalue weighted by Gasteiger charge is -2.13. The minimum absolute atomic E-state index is 0.188. The zero-order valence-corrected chi connectivity index (χ0v) is 16.0. The number of aromatic nitrogens is 4. The summed E-state index contributed by atoms with van der Waals surface area (Å²) >= 11 is 0. The number of fused-ring (bicyclic) bond motifs is 1. The van der Waals surface area contributed by atoms with Gasteiger partial charge in [-0.05, 0) is 43.2 Å². The predicted octanol–water partition coefficient (Wildman–Crippen LogP) is 3.92. The van der Waals surface area contributed by atoms with Crippen LogP contribution in [-0.2, 0) is 12.6 Å². The van der Waals surface area contributed by atoms with Gasteiger partial charge in [-0.15, -0.1) is 5.10 Å². The Balaban J connectivity index is 1.38. The maximum atomic E-state index is 12.8. The largest absolute Gasteiger partial charge is 0.416 e. The summed E-state index contributed by atoms with van der Waals surface area (Å²) in [7, 11) is 0. The summed E-state index contributed by atoms with van der Waals surface area (Å²) in [6, 6.07) is 10.5. The van der Waals surface area contributed by atoms with Crippen LogP contribution >= 0.6 is 0 Å². The van der Waals surface area contributed by atoms with E-state index in [4.69, 9.17) is 10.2 Å². The van der Waals surface area contributed by atoms with Gasteiger partial charge in [0.25, 0.3) is 0 Å². The second kappa shape index (κ2) is 7.79. The third-order valence-corrected chi connectivity index (χ3v) is 4.69. The van der Waals surface area contributed by atoms with Gasteiger partial charge in [0.05, 0.1) is 16.8 Å². The number of nitrogens with two attached hydrogens (primary N) is 1. The van der Waals surface area contributed by atoms with Crippen molar-refractivity contribution in [1.82, 2.24) is 20.4 Å². The number of nitrogens with one attached hydrogen (secondary N) is 2. The Morgan fingerprint density at radius 1 is 1.17 bits per heavy atom. The Morgan fingerprint density at radius 2 is 2.00 bits per heavy atom. The van der Waals surface area contributed by atoms with Crippen molar-refractivity contribution in [2.75, 3.05) is 11.9 Å². The summed E-state index contributed by atoms with van der Waals surface area (Å²) in [5.41, 5.74) is 8.40. The monoisotopic (exact) mass is 416 g/mol. The molecule has 7 nitrogen and oxygen atoms in total. The quantitative estimate of drug-likeness (QED) is 0.440. The van der Waals surface area contributed by atoms with Crippen molar-refractivity contribution in [2.45, 2.75) is 25.6 Å². The van der Waals surface area contributed by atoms with E-state index in [9.17, 15) is 13.2 Å². The van der Waals surface area contributed by atoms with Crippen molar-refractivity contribution in [3.05, 3.63) is 59.3 Å². The smallest absolute Gasteiger partial charge is 0.403 e. The first kappa shape index (κ1) is 19.9. The fraction of sp³-hybridized carbons (Fsp3) is 0.250. The van der Waals surface area contributed by atoms with Crippen LogP contribution in [0.5, 0.6) is 0 Å². The molecule has 2 heterocycles. The van der Waals surface area contributed by atoms with Crippen molar-refractivity contribution in [1.29, 1.82) is 0 Å². The minimum atomic E-state index is -4.38. The molecule has 2 aromatic carbocycles. The van der Waals surface area contributed by atoms with Crippen LogP contribution < -0.4 is 11.1 Å². The number of aromatic amines is 1. The molecule has 0 aliphatic rings. The van der Waals surface area contributed by atoms with Crippen LogP contribution in [0.25, 0.3) is 22.4 Å². The molecule has 0 saturated heterocycles. The van der Waals surface area contributed by atoms with E-state index >= 15 is 0 Å². The average molecular weight is 416 g/mol. The van der Waals surface area contributed by atoms with E-state index in [0.717, 1.165) is 34.3 Å². The molecule has 0 aliphatic carbocycles. The van der Waals surface area contributed by atoms with E-state index in [1.807, 2.05) is 25.1 Å². The van der Waals surface area contributed by atoms with Crippen molar-refractivity contribution >= 4 is 16.9 Å². The molecule has 4 rings (SSSR count). The Morgan fingerprint density at radius 3 is 2.80 bits per heavy atom. The molecule has 2 aromatic heterocycles. The van der Waals surface area contributed by atoms with Crippen LogP contribution in [0.2, 0.25) is 0 Å². The SMILES string of the molecule is Cc1n[nH]c2ccc(-c3nnc(NC[C@H](N)Cc4cccc(C(F)(F)F)c4)o3)cc12. The number of hydrogen-bond donors (Lipinski definition) is 3. The average Bonchev–Trinajstić information content (AvgIpc) is 3.33. The van der Waals surface area contributed by atoms with Crippen molar-refractivity contribution < 1.29 is 17.6 Å². The van der Waals surface area contributed by atoms with Crippen LogP contribution in [0, 0.1) is 6.92 Å². The van der Waals surface area contributed by atoms with Crippen molar-refractivity contribution in [3.63, 3.8) is 0 Å². The summed E-state index contributed by atoms with van der Waals surface area (Å²) in [4.78, 5) is 0. The predicted molar refractivity (Wildman–Crippen MR) is 106 cm³/mol. The number of H-pyrrole nitrogens is 1.